The molecule has 2 rings (SSSR count). The van der Waals surface area contributed by atoms with Crippen molar-refractivity contribution in [3.05, 3.63) is 42.3 Å². The normalized spacial score (nSPS) is 10.1. The minimum absolute atomic E-state index is 0.0529. The van der Waals surface area contributed by atoms with Gasteiger partial charge in [0.1, 0.15) is 6.26 Å². The van der Waals surface area contributed by atoms with Gasteiger partial charge >= 0.3 is 5.97 Å². The third-order valence-electron chi connectivity index (χ3n) is 2.17. The Morgan fingerprint density at radius 1 is 1.35 bits per heavy atom. The van der Waals surface area contributed by atoms with Gasteiger partial charge in [0.15, 0.2) is 0 Å². The number of carboxylic acids is 1. The standard InChI is InChI=1S/C12H12N2O3/c15-11(16)7-6-10-8-17-12(14-10)13-9-4-2-1-3-5-9/h1-5,8H,6-7H2,(H,13,14)(H,15,16). The second-order valence-corrected chi connectivity index (χ2v) is 3.53. The Labute approximate surface area is 98.1 Å². The molecule has 0 aliphatic rings. The molecule has 0 bridgehead atoms. The van der Waals surface area contributed by atoms with E-state index < -0.39 is 5.97 Å². The predicted octanol–water partition coefficient (Wildman–Crippen LogP) is 2.44. The van der Waals surface area contributed by atoms with E-state index in [2.05, 4.69) is 10.3 Å². The summed E-state index contributed by atoms with van der Waals surface area (Å²) in [5.74, 6) is -0.842. The van der Waals surface area contributed by atoms with Gasteiger partial charge in [-0.25, -0.2) is 0 Å². The molecule has 2 aromatic rings. The zero-order chi connectivity index (χ0) is 12.1. The van der Waals surface area contributed by atoms with Gasteiger partial charge in [0.25, 0.3) is 6.01 Å². The van der Waals surface area contributed by atoms with Crippen molar-refractivity contribution in [3.63, 3.8) is 0 Å². The topological polar surface area (TPSA) is 75.4 Å². The first-order chi connectivity index (χ1) is 8.24. The molecule has 1 aromatic heterocycles. The van der Waals surface area contributed by atoms with Crippen LogP contribution in [0.4, 0.5) is 11.7 Å². The maximum absolute atomic E-state index is 10.4. The van der Waals surface area contributed by atoms with Crippen molar-refractivity contribution >= 4 is 17.7 Å². The predicted molar refractivity (Wildman–Crippen MR) is 62.2 cm³/mol. The fourth-order valence-electron chi connectivity index (χ4n) is 1.36. The summed E-state index contributed by atoms with van der Waals surface area (Å²) in [4.78, 5) is 14.5. The summed E-state index contributed by atoms with van der Waals surface area (Å²) in [5, 5.41) is 11.5. The van der Waals surface area contributed by atoms with E-state index in [1.165, 1.54) is 6.26 Å². The molecule has 0 atom stereocenters. The Balaban J connectivity index is 1.97. The molecule has 0 fully saturated rings. The van der Waals surface area contributed by atoms with Gasteiger partial charge in [-0.05, 0) is 12.1 Å². The first-order valence-electron chi connectivity index (χ1n) is 5.22. The van der Waals surface area contributed by atoms with Crippen LogP contribution >= 0.6 is 0 Å². The lowest BCUT2D eigenvalue weighted by Gasteiger charge is -1.99. The summed E-state index contributed by atoms with van der Waals surface area (Å²) in [6, 6.07) is 9.87. The number of nitrogens with zero attached hydrogens (tertiary/aromatic N) is 1. The van der Waals surface area contributed by atoms with Crippen molar-refractivity contribution in [1.29, 1.82) is 0 Å². The number of hydrogen-bond acceptors (Lipinski definition) is 4. The highest BCUT2D eigenvalue weighted by molar-refractivity contribution is 5.67. The molecule has 5 heteroatoms. The number of hydrogen-bond donors (Lipinski definition) is 2. The molecule has 0 amide bonds. The van der Waals surface area contributed by atoms with Crippen LogP contribution in [0.2, 0.25) is 0 Å². The second kappa shape index (κ2) is 5.16. The van der Waals surface area contributed by atoms with Gasteiger partial charge in [-0.1, -0.05) is 18.2 Å². The molecular weight excluding hydrogens is 220 g/mol. The molecular formula is C12H12N2O3. The van der Waals surface area contributed by atoms with Gasteiger partial charge in [-0.3, -0.25) is 4.79 Å². The highest BCUT2D eigenvalue weighted by Crippen LogP contribution is 2.15. The Morgan fingerprint density at radius 3 is 2.82 bits per heavy atom. The number of carbonyl (C=O) groups is 1. The van der Waals surface area contributed by atoms with E-state index >= 15 is 0 Å². The zero-order valence-electron chi connectivity index (χ0n) is 9.09. The second-order valence-electron chi connectivity index (χ2n) is 3.53. The number of anilines is 2. The largest absolute Gasteiger partial charge is 0.481 e. The van der Waals surface area contributed by atoms with E-state index in [9.17, 15) is 4.79 Å². The van der Waals surface area contributed by atoms with Crippen molar-refractivity contribution in [2.75, 3.05) is 5.32 Å². The summed E-state index contributed by atoms with van der Waals surface area (Å²) in [5.41, 5.74) is 1.50. The Hall–Kier alpha value is -2.30. The van der Waals surface area contributed by atoms with Gasteiger partial charge in [-0.2, -0.15) is 4.98 Å². The third kappa shape index (κ3) is 3.34. The highest BCUT2D eigenvalue weighted by atomic mass is 16.4. The molecule has 0 aliphatic carbocycles. The number of aryl methyl sites for hydroxylation is 1. The maximum Gasteiger partial charge on any atom is 0.303 e. The monoisotopic (exact) mass is 232 g/mol. The van der Waals surface area contributed by atoms with E-state index in [4.69, 9.17) is 9.52 Å². The van der Waals surface area contributed by atoms with Crippen molar-refractivity contribution < 1.29 is 14.3 Å². The minimum atomic E-state index is -0.842. The molecule has 0 aliphatic heterocycles. The van der Waals surface area contributed by atoms with Gasteiger partial charge in [0, 0.05) is 12.1 Å². The lowest BCUT2D eigenvalue weighted by Crippen LogP contribution is -1.97. The van der Waals surface area contributed by atoms with E-state index in [-0.39, 0.29) is 6.42 Å². The van der Waals surface area contributed by atoms with E-state index in [0.29, 0.717) is 18.1 Å². The van der Waals surface area contributed by atoms with Crippen molar-refractivity contribution in [1.82, 2.24) is 4.98 Å². The SMILES string of the molecule is O=C(O)CCc1coc(Nc2ccccc2)n1. The number of benzene rings is 1. The number of nitrogens with one attached hydrogen (secondary N) is 1. The number of para-hydroxylation sites is 1. The summed E-state index contributed by atoms with van der Waals surface area (Å²) in [7, 11) is 0. The first-order valence-corrected chi connectivity index (χ1v) is 5.22. The lowest BCUT2D eigenvalue weighted by atomic mass is 10.2. The third-order valence-corrected chi connectivity index (χ3v) is 2.17. The van der Waals surface area contributed by atoms with Gasteiger partial charge in [-0.15, -0.1) is 0 Å². The van der Waals surface area contributed by atoms with Crippen LogP contribution in [-0.2, 0) is 11.2 Å². The molecule has 88 valence electrons. The molecule has 5 nitrogen and oxygen atoms in total. The van der Waals surface area contributed by atoms with Crippen LogP contribution in [0, 0.1) is 0 Å². The highest BCUT2D eigenvalue weighted by Gasteiger charge is 2.06. The molecule has 0 saturated carbocycles. The Morgan fingerprint density at radius 2 is 2.12 bits per heavy atom. The Kier molecular flexibility index (Phi) is 3.40. The van der Waals surface area contributed by atoms with Crippen LogP contribution in [0.5, 0.6) is 0 Å². The minimum Gasteiger partial charge on any atom is -0.481 e. The molecule has 1 heterocycles. The van der Waals surface area contributed by atoms with Crippen LogP contribution in [0.25, 0.3) is 0 Å². The van der Waals surface area contributed by atoms with Crippen molar-refractivity contribution in [2.45, 2.75) is 12.8 Å². The van der Waals surface area contributed by atoms with Gasteiger partial charge in [0.2, 0.25) is 0 Å². The maximum atomic E-state index is 10.4. The number of oxazole rings is 1. The zero-order valence-corrected chi connectivity index (χ0v) is 9.09. The fraction of sp³-hybridized carbons (Fsp3) is 0.167. The van der Waals surface area contributed by atoms with Gasteiger partial charge < -0.3 is 14.8 Å². The molecule has 0 unspecified atom stereocenters. The average Bonchev–Trinajstić information content (AvgIpc) is 2.75. The average molecular weight is 232 g/mol. The number of rotatable bonds is 5. The first kappa shape index (κ1) is 11.2. The van der Waals surface area contributed by atoms with E-state index in [1.54, 1.807) is 0 Å². The van der Waals surface area contributed by atoms with Crippen LogP contribution in [0.1, 0.15) is 12.1 Å². The Bertz CT molecular complexity index is 493. The summed E-state index contributed by atoms with van der Waals surface area (Å²) in [6.07, 6.45) is 1.89. The number of aliphatic carboxylic acids is 1. The van der Waals surface area contributed by atoms with Crippen molar-refractivity contribution in [2.24, 2.45) is 0 Å². The van der Waals surface area contributed by atoms with Crippen LogP contribution in [0.15, 0.2) is 41.0 Å². The van der Waals surface area contributed by atoms with Crippen LogP contribution in [0.3, 0.4) is 0 Å². The van der Waals surface area contributed by atoms with Gasteiger partial charge in [0.05, 0.1) is 12.1 Å². The van der Waals surface area contributed by atoms with Crippen molar-refractivity contribution in [3.8, 4) is 0 Å². The van der Waals surface area contributed by atoms with Crippen LogP contribution in [-0.4, -0.2) is 16.1 Å². The molecule has 1 aromatic carbocycles. The van der Waals surface area contributed by atoms with E-state index in [1.807, 2.05) is 30.3 Å². The molecule has 17 heavy (non-hydrogen) atoms. The summed E-state index contributed by atoms with van der Waals surface area (Å²) < 4.78 is 5.19. The molecule has 0 saturated heterocycles. The lowest BCUT2D eigenvalue weighted by molar-refractivity contribution is -0.136. The number of aromatic nitrogens is 1. The van der Waals surface area contributed by atoms with Crippen LogP contribution < -0.4 is 5.32 Å². The summed E-state index contributed by atoms with van der Waals surface area (Å²) in [6.45, 7) is 0. The molecule has 0 radical (unpaired) electrons. The molecule has 2 N–H and O–H groups in total. The summed E-state index contributed by atoms with van der Waals surface area (Å²) >= 11 is 0. The number of carboxylic acid groups (broad SMARTS) is 1. The quantitative estimate of drug-likeness (QED) is 0.828. The molecule has 0 spiro atoms. The smallest absolute Gasteiger partial charge is 0.303 e. The fourth-order valence-corrected chi connectivity index (χ4v) is 1.36. The van der Waals surface area contributed by atoms with E-state index in [0.717, 1.165) is 5.69 Å².